The number of carboxylic acid groups (broad SMARTS) is 1. The van der Waals surface area contributed by atoms with E-state index in [4.69, 9.17) is 5.11 Å². The van der Waals surface area contributed by atoms with Gasteiger partial charge in [-0.15, -0.1) is 0 Å². The standard InChI is InChI=1S/C21H26F2N2O4/c1-10(11(2)19(27)28)8-24-15(26)9-25-18-14(22)7-13(12-5-6-12)17(23)16(18)21(3,4)20(25)29/h7,10-12H,5-6,8-9H2,1-4H3,(H,24,26)(H,27,28)/t10-,11-/m0/s1. The van der Waals surface area contributed by atoms with Crippen LogP contribution in [0, 0.1) is 23.5 Å². The highest BCUT2D eigenvalue weighted by atomic mass is 19.1. The molecule has 1 aromatic carbocycles. The molecule has 1 fully saturated rings. The number of hydrogen-bond acceptors (Lipinski definition) is 3. The second kappa shape index (κ2) is 7.39. The van der Waals surface area contributed by atoms with E-state index in [0.717, 1.165) is 23.8 Å². The molecule has 2 atom stereocenters. The molecule has 8 heteroatoms. The molecule has 6 nitrogen and oxygen atoms in total. The van der Waals surface area contributed by atoms with Gasteiger partial charge < -0.3 is 10.4 Å². The van der Waals surface area contributed by atoms with Crippen molar-refractivity contribution in [1.82, 2.24) is 5.32 Å². The number of carbonyl (C=O) groups excluding carboxylic acids is 2. The lowest BCUT2D eigenvalue weighted by Crippen LogP contribution is -2.44. The minimum atomic E-state index is -1.28. The smallest absolute Gasteiger partial charge is 0.306 e. The van der Waals surface area contributed by atoms with Gasteiger partial charge >= 0.3 is 5.97 Å². The largest absolute Gasteiger partial charge is 0.481 e. The number of nitrogens with zero attached hydrogens (tertiary/aromatic N) is 1. The topological polar surface area (TPSA) is 86.7 Å². The molecule has 2 N–H and O–H groups in total. The summed E-state index contributed by atoms with van der Waals surface area (Å²) in [5, 5.41) is 11.6. The van der Waals surface area contributed by atoms with Gasteiger partial charge in [-0.1, -0.05) is 13.8 Å². The third-order valence-corrected chi connectivity index (χ3v) is 6.08. The number of nitrogens with one attached hydrogen (secondary N) is 1. The predicted octanol–water partition coefficient (Wildman–Crippen LogP) is 2.94. The first-order valence-electron chi connectivity index (χ1n) is 9.80. The molecule has 1 aliphatic carbocycles. The molecule has 0 saturated heterocycles. The number of fused-ring (bicyclic) bond motifs is 1. The van der Waals surface area contributed by atoms with Gasteiger partial charge in [-0.3, -0.25) is 19.3 Å². The Kier molecular flexibility index (Phi) is 5.40. The van der Waals surface area contributed by atoms with E-state index >= 15 is 4.39 Å². The van der Waals surface area contributed by atoms with E-state index in [2.05, 4.69) is 5.32 Å². The molecule has 3 rings (SSSR count). The fourth-order valence-corrected chi connectivity index (χ4v) is 3.75. The van der Waals surface area contributed by atoms with E-state index < -0.39 is 47.3 Å². The van der Waals surface area contributed by atoms with Crippen molar-refractivity contribution in [2.24, 2.45) is 11.8 Å². The van der Waals surface area contributed by atoms with Gasteiger partial charge in [0.05, 0.1) is 17.0 Å². The summed E-state index contributed by atoms with van der Waals surface area (Å²) < 4.78 is 30.0. The number of carbonyl (C=O) groups is 3. The van der Waals surface area contributed by atoms with Crippen molar-refractivity contribution >= 4 is 23.5 Å². The molecule has 1 saturated carbocycles. The number of aliphatic carboxylic acids is 1. The van der Waals surface area contributed by atoms with Crippen LogP contribution in [0.4, 0.5) is 14.5 Å². The molecule has 1 heterocycles. The van der Waals surface area contributed by atoms with Crippen LogP contribution in [0.1, 0.15) is 57.6 Å². The van der Waals surface area contributed by atoms with Crippen LogP contribution in [-0.2, 0) is 19.8 Å². The van der Waals surface area contributed by atoms with Gasteiger partial charge in [0.15, 0.2) is 0 Å². The molecule has 158 valence electrons. The van der Waals surface area contributed by atoms with Gasteiger partial charge in [-0.25, -0.2) is 8.78 Å². The number of rotatable bonds is 7. The minimum Gasteiger partial charge on any atom is -0.481 e. The first kappa shape index (κ1) is 21.2. The Labute approximate surface area is 168 Å². The van der Waals surface area contributed by atoms with Crippen molar-refractivity contribution in [3.8, 4) is 0 Å². The van der Waals surface area contributed by atoms with E-state index in [1.807, 2.05) is 0 Å². The average molecular weight is 408 g/mol. The summed E-state index contributed by atoms with van der Waals surface area (Å²) in [7, 11) is 0. The van der Waals surface area contributed by atoms with E-state index in [0.29, 0.717) is 5.56 Å². The van der Waals surface area contributed by atoms with E-state index in [-0.39, 0.29) is 29.6 Å². The molecule has 1 aliphatic heterocycles. The van der Waals surface area contributed by atoms with Crippen LogP contribution < -0.4 is 10.2 Å². The molecule has 0 radical (unpaired) electrons. The molecule has 0 aromatic heterocycles. The second-order valence-corrected chi connectivity index (χ2v) is 8.68. The van der Waals surface area contributed by atoms with Crippen molar-refractivity contribution in [2.75, 3.05) is 18.0 Å². The van der Waals surface area contributed by atoms with E-state index in [9.17, 15) is 18.8 Å². The summed E-state index contributed by atoms with van der Waals surface area (Å²) >= 11 is 0. The second-order valence-electron chi connectivity index (χ2n) is 8.68. The van der Waals surface area contributed by atoms with Crippen molar-refractivity contribution in [2.45, 2.75) is 51.9 Å². The van der Waals surface area contributed by atoms with Gasteiger partial charge in [0, 0.05) is 12.1 Å². The SMILES string of the molecule is C[C@H](C(=O)O)[C@@H](C)CNC(=O)CN1C(=O)C(C)(C)c2c(F)c(C3CC3)cc(F)c21. The fraction of sp³-hybridized carbons (Fsp3) is 0.571. The van der Waals surface area contributed by atoms with E-state index in [1.165, 1.54) is 20.8 Å². The highest BCUT2D eigenvalue weighted by molar-refractivity contribution is 6.10. The highest BCUT2D eigenvalue weighted by Crippen LogP contribution is 2.50. The first-order valence-corrected chi connectivity index (χ1v) is 9.80. The predicted molar refractivity (Wildman–Crippen MR) is 103 cm³/mol. The summed E-state index contributed by atoms with van der Waals surface area (Å²) in [4.78, 5) is 37.3. The molecule has 29 heavy (non-hydrogen) atoms. The lowest BCUT2D eigenvalue weighted by atomic mass is 9.84. The van der Waals surface area contributed by atoms with Crippen molar-refractivity contribution in [1.29, 1.82) is 0 Å². The first-order chi connectivity index (χ1) is 13.5. The van der Waals surface area contributed by atoms with Crippen LogP contribution in [0.5, 0.6) is 0 Å². The van der Waals surface area contributed by atoms with Crippen LogP contribution in [0.3, 0.4) is 0 Å². The van der Waals surface area contributed by atoms with Crippen LogP contribution in [-0.4, -0.2) is 36.0 Å². The molecule has 0 unspecified atom stereocenters. The minimum absolute atomic E-state index is 0.00469. The third kappa shape index (κ3) is 3.72. The van der Waals surface area contributed by atoms with Crippen LogP contribution in [0.15, 0.2) is 6.07 Å². The monoisotopic (exact) mass is 408 g/mol. The molecule has 2 amide bonds. The molecule has 0 bridgehead atoms. The third-order valence-electron chi connectivity index (χ3n) is 6.08. The maximum absolute atomic E-state index is 15.1. The molecule has 0 spiro atoms. The molecule has 2 aliphatic rings. The maximum Gasteiger partial charge on any atom is 0.306 e. The quantitative estimate of drug-likeness (QED) is 0.726. The van der Waals surface area contributed by atoms with Crippen LogP contribution in [0.25, 0.3) is 0 Å². The summed E-state index contributed by atoms with van der Waals surface area (Å²) in [5.41, 5.74) is -1.16. The number of amides is 2. The van der Waals surface area contributed by atoms with Crippen molar-refractivity contribution in [3.05, 3.63) is 28.8 Å². The van der Waals surface area contributed by atoms with Crippen molar-refractivity contribution in [3.63, 3.8) is 0 Å². The molecular weight excluding hydrogens is 382 g/mol. The average Bonchev–Trinajstić information content (AvgIpc) is 3.46. The lowest BCUT2D eigenvalue weighted by molar-refractivity contribution is -0.142. The number of anilines is 1. The van der Waals surface area contributed by atoms with Gasteiger partial charge in [-0.2, -0.15) is 0 Å². The number of halogens is 2. The zero-order chi connectivity index (χ0) is 21.7. The molecular formula is C21H26F2N2O4. The summed E-state index contributed by atoms with van der Waals surface area (Å²) in [6, 6.07) is 1.14. The Morgan fingerprint density at radius 1 is 1.31 bits per heavy atom. The Balaban J connectivity index is 1.82. The van der Waals surface area contributed by atoms with Gasteiger partial charge in [0.25, 0.3) is 0 Å². The normalized spacial score (nSPS) is 19.7. The summed E-state index contributed by atoms with van der Waals surface area (Å²) in [6.07, 6.45) is 1.59. The Bertz CT molecular complexity index is 880. The zero-order valence-corrected chi connectivity index (χ0v) is 17.0. The Morgan fingerprint density at radius 2 is 1.93 bits per heavy atom. The van der Waals surface area contributed by atoms with Crippen LogP contribution in [0.2, 0.25) is 0 Å². The van der Waals surface area contributed by atoms with E-state index in [1.54, 1.807) is 6.92 Å². The van der Waals surface area contributed by atoms with Crippen LogP contribution >= 0.6 is 0 Å². The van der Waals surface area contributed by atoms with Gasteiger partial charge in [0.2, 0.25) is 11.8 Å². The summed E-state index contributed by atoms with van der Waals surface area (Å²) in [6.45, 7) is 5.93. The van der Waals surface area contributed by atoms with Crippen molar-refractivity contribution < 1.29 is 28.3 Å². The summed E-state index contributed by atoms with van der Waals surface area (Å²) in [5.74, 6) is -4.34. The maximum atomic E-state index is 15.1. The Hall–Kier alpha value is -2.51. The number of benzene rings is 1. The lowest BCUT2D eigenvalue weighted by Gasteiger charge is -2.21. The molecule has 1 aromatic rings. The van der Waals surface area contributed by atoms with Gasteiger partial charge in [-0.05, 0) is 50.2 Å². The zero-order valence-electron chi connectivity index (χ0n) is 17.0. The van der Waals surface area contributed by atoms with Gasteiger partial charge in [0.1, 0.15) is 18.2 Å². The number of carboxylic acids is 1. The highest BCUT2D eigenvalue weighted by Gasteiger charge is 2.49. The number of hydrogen-bond donors (Lipinski definition) is 2. The fourth-order valence-electron chi connectivity index (χ4n) is 3.75. The Morgan fingerprint density at radius 3 is 2.48 bits per heavy atom.